The van der Waals surface area contributed by atoms with Gasteiger partial charge in [-0.3, -0.25) is 18.6 Å². The molecule has 12 heteroatoms. The van der Waals surface area contributed by atoms with E-state index in [1.54, 1.807) is 6.08 Å². The molecule has 53 heavy (non-hydrogen) atoms. The molecule has 0 rings (SSSR count). The number of phosphoric ester groups is 1. The molecular weight excluding hydrogens is 699 g/mol. The second-order valence-electron chi connectivity index (χ2n) is 13.4. The van der Waals surface area contributed by atoms with Gasteiger partial charge in [-0.2, -0.15) is 0 Å². The predicted molar refractivity (Wildman–Crippen MR) is 211 cm³/mol. The Morgan fingerprint density at radius 3 is 2.04 bits per heavy atom. The highest BCUT2D eigenvalue weighted by Crippen LogP contribution is 2.43. The average molecular weight is 771 g/mol. The third kappa shape index (κ3) is 35.1. The zero-order valence-corrected chi connectivity index (χ0v) is 33.6. The van der Waals surface area contributed by atoms with E-state index in [2.05, 4.69) is 37.4 Å². The maximum Gasteiger partial charge on any atom is 0.472 e. The molecule has 0 aromatic carbocycles. The molecule has 0 heterocycles. The lowest BCUT2D eigenvalue weighted by Crippen LogP contribution is -2.29. The van der Waals surface area contributed by atoms with E-state index in [0.29, 0.717) is 32.1 Å². The van der Waals surface area contributed by atoms with Crippen LogP contribution >= 0.6 is 7.82 Å². The van der Waals surface area contributed by atoms with E-state index in [4.69, 9.17) is 19.1 Å². The van der Waals surface area contributed by atoms with Gasteiger partial charge in [0, 0.05) is 12.8 Å². The number of unbranched alkanes of at least 4 members (excludes halogenated alkanes) is 8. The Morgan fingerprint density at radius 1 is 0.717 bits per heavy atom. The van der Waals surface area contributed by atoms with Gasteiger partial charge in [0.15, 0.2) is 6.10 Å². The third-order valence-electron chi connectivity index (χ3n) is 8.31. The molecule has 0 aromatic heterocycles. The number of phosphoric acid groups is 1. The van der Waals surface area contributed by atoms with E-state index in [1.807, 2.05) is 42.5 Å². The summed E-state index contributed by atoms with van der Waals surface area (Å²) in [6.45, 7) is 4.38. The van der Waals surface area contributed by atoms with E-state index < -0.39 is 57.9 Å². The number of aliphatic hydroxyl groups is 3. The van der Waals surface area contributed by atoms with Gasteiger partial charge < -0.3 is 29.7 Å². The van der Waals surface area contributed by atoms with E-state index in [0.717, 1.165) is 38.0 Å². The lowest BCUT2D eigenvalue weighted by Gasteiger charge is -2.20. The molecule has 0 aliphatic carbocycles. The first kappa shape index (κ1) is 50.6. The quantitative estimate of drug-likeness (QED) is 0.0160. The average Bonchev–Trinajstić information content (AvgIpc) is 3.14. The summed E-state index contributed by atoms with van der Waals surface area (Å²) in [5, 5.41) is 28.3. The molecule has 5 atom stereocenters. The van der Waals surface area contributed by atoms with E-state index >= 15 is 0 Å². The molecule has 0 saturated heterocycles. The minimum atomic E-state index is -4.65. The van der Waals surface area contributed by atoms with Crippen molar-refractivity contribution in [2.45, 2.75) is 155 Å². The molecule has 0 aromatic rings. The summed E-state index contributed by atoms with van der Waals surface area (Å²) >= 11 is 0. The number of carbonyl (C=O) groups is 2. The molecular formula is C41H71O11P. The van der Waals surface area contributed by atoms with Crippen LogP contribution < -0.4 is 0 Å². The second kappa shape index (κ2) is 35.3. The number of allylic oxidation sites excluding steroid dienone is 8. The normalized spacial score (nSPS) is 15.8. The van der Waals surface area contributed by atoms with Crippen LogP contribution in [0.4, 0.5) is 0 Å². The molecule has 0 aliphatic rings. The monoisotopic (exact) mass is 770 g/mol. The number of hydrogen-bond donors (Lipinski definition) is 4. The number of esters is 2. The van der Waals surface area contributed by atoms with Gasteiger partial charge in [-0.05, 0) is 50.9 Å². The molecule has 3 unspecified atom stereocenters. The van der Waals surface area contributed by atoms with Crippen molar-refractivity contribution >= 4 is 19.8 Å². The summed E-state index contributed by atoms with van der Waals surface area (Å²) in [4.78, 5) is 34.8. The fraction of sp³-hybridized carbons (Fsp3) is 0.707. The fourth-order valence-electron chi connectivity index (χ4n) is 4.85. The summed E-state index contributed by atoms with van der Waals surface area (Å²) in [6, 6.07) is 0. The van der Waals surface area contributed by atoms with Crippen LogP contribution in [0.15, 0.2) is 60.8 Å². The highest BCUT2D eigenvalue weighted by Gasteiger charge is 2.27. The van der Waals surface area contributed by atoms with Crippen molar-refractivity contribution in [3.05, 3.63) is 60.8 Å². The van der Waals surface area contributed by atoms with Crippen LogP contribution in [0.2, 0.25) is 0 Å². The summed E-state index contributed by atoms with van der Waals surface area (Å²) < 4.78 is 32.5. The Labute approximate surface area is 319 Å². The Morgan fingerprint density at radius 2 is 1.34 bits per heavy atom. The molecule has 11 nitrogen and oxygen atoms in total. The summed E-state index contributed by atoms with van der Waals surface area (Å²) in [5.41, 5.74) is 0. The lowest BCUT2D eigenvalue weighted by atomic mass is 9.99. The topological polar surface area (TPSA) is 169 Å². The molecule has 0 radical (unpaired) electrons. The van der Waals surface area contributed by atoms with E-state index in [1.165, 1.54) is 38.5 Å². The number of carbonyl (C=O) groups excluding carboxylic acids is 2. The molecule has 0 bridgehead atoms. The first-order valence-corrected chi connectivity index (χ1v) is 21.2. The van der Waals surface area contributed by atoms with E-state index in [9.17, 15) is 29.3 Å². The smallest absolute Gasteiger partial charge is 0.462 e. The summed E-state index contributed by atoms with van der Waals surface area (Å²) in [7, 11) is -4.65. The minimum Gasteiger partial charge on any atom is -0.462 e. The Hall–Kier alpha value is -2.37. The largest absolute Gasteiger partial charge is 0.472 e. The zero-order valence-electron chi connectivity index (χ0n) is 32.7. The van der Waals surface area contributed by atoms with Gasteiger partial charge in [0.05, 0.1) is 25.9 Å². The minimum absolute atomic E-state index is 0.0719. The zero-order chi connectivity index (χ0) is 39.4. The first-order valence-electron chi connectivity index (χ1n) is 19.7. The van der Waals surface area contributed by atoms with Gasteiger partial charge in [0.2, 0.25) is 0 Å². The second-order valence-corrected chi connectivity index (χ2v) is 14.8. The molecule has 0 saturated carbocycles. The van der Waals surface area contributed by atoms with Crippen LogP contribution in [0.5, 0.6) is 0 Å². The van der Waals surface area contributed by atoms with Crippen LogP contribution in [0.3, 0.4) is 0 Å². The van der Waals surface area contributed by atoms with Gasteiger partial charge in [-0.1, -0.05) is 139 Å². The fourth-order valence-corrected chi connectivity index (χ4v) is 5.64. The van der Waals surface area contributed by atoms with Gasteiger partial charge in [-0.25, -0.2) is 4.57 Å². The first-order chi connectivity index (χ1) is 25.5. The van der Waals surface area contributed by atoms with Crippen molar-refractivity contribution in [1.82, 2.24) is 0 Å². The highest BCUT2D eigenvalue weighted by atomic mass is 31.2. The van der Waals surface area contributed by atoms with Crippen molar-refractivity contribution < 1.29 is 52.9 Å². The molecule has 0 aliphatic heterocycles. The van der Waals surface area contributed by atoms with Gasteiger partial charge in [-0.15, -0.1) is 0 Å². The molecule has 306 valence electrons. The molecule has 0 amide bonds. The van der Waals surface area contributed by atoms with Crippen molar-refractivity contribution in [3.63, 3.8) is 0 Å². The van der Waals surface area contributed by atoms with Gasteiger partial charge in [0.25, 0.3) is 0 Å². The maximum absolute atomic E-state index is 12.6. The lowest BCUT2D eigenvalue weighted by molar-refractivity contribution is -0.161. The number of ether oxygens (including phenoxy) is 2. The maximum atomic E-state index is 12.6. The van der Waals surface area contributed by atoms with Crippen LogP contribution in [-0.4, -0.2) is 76.9 Å². The Balaban J connectivity index is 4.55. The van der Waals surface area contributed by atoms with Crippen molar-refractivity contribution in [2.75, 3.05) is 26.4 Å². The summed E-state index contributed by atoms with van der Waals surface area (Å²) in [6.07, 6.45) is 32.3. The SMILES string of the molecule is CC/C=C\C/C=C\CC(O)/C=C/C=C\C/C=C\CCCC(=O)O[C@H](COC(=O)CCCCCCCCCCC(C)CC)COP(=O)(O)OC[C@@H](O)CO. The van der Waals surface area contributed by atoms with Gasteiger partial charge >= 0.3 is 19.8 Å². The molecule has 4 N–H and O–H groups in total. The van der Waals surface area contributed by atoms with E-state index in [-0.39, 0.29) is 19.4 Å². The number of hydrogen-bond acceptors (Lipinski definition) is 10. The number of rotatable bonds is 35. The predicted octanol–water partition coefficient (Wildman–Crippen LogP) is 8.77. The van der Waals surface area contributed by atoms with Crippen LogP contribution in [-0.2, 0) is 32.7 Å². The van der Waals surface area contributed by atoms with Crippen molar-refractivity contribution in [1.29, 1.82) is 0 Å². The number of aliphatic hydroxyl groups excluding tert-OH is 3. The molecule has 0 fully saturated rings. The highest BCUT2D eigenvalue weighted by molar-refractivity contribution is 7.47. The van der Waals surface area contributed by atoms with Crippen molar-refractivity contribution in [3.8, 4) is 0 Å². The van der Waals surface area contributed by atoms with Crippen LogP contribution in [0, 0.1) is 5.92 Å². The molecule has 0 spiro atoms. The Kier molecular flexibility index (Phi) is 33.8. The standard InChI is InChI=1S/C41H71O11P/c1-4-6-7-8-18-23-28-37(43)29-24-19-14-10-12-16-21-26-31-41(46)52-39(35-51-53(47,48)50-33-38(44)32-42)34-49-40(45)30-25-20-15-11-9-13-17-22-27-36(3)5-2/h6-7,12,14,16,18-19,23-24,29,36-39,42-44H,4-5,8-11,13,15,17,20-22,25-28,30-35H2,1-3H3,(H,47,48)/b7-6-,16-12-,19-14-,23-18-,29-24+/t36?,37?,38-,39+/m0/s1. The van der Waals surface area contributed by atoms with Crippen LogP contribution in [0.25, 0.3) is 0 Å². The van der Waals surface area contributed by atoms with Crippen molar-refractivity contribution in [2.24, 2.45) is 5.92 Å². The van der Waals surface area contributed by atoms with Crippen LogP contribution in [0.1, 0.15) is 136 Å². The summed E-state index contributed by atoms with van der Waals surface area (Å²) in [5.74, 6) is -0.236. The third-order valence-corrected chi connectivity index (χ3v) is 9.26. The Bertz CT molecular complexity index is 1100. The van der Waals surface area contributed by atoms with Gasteiger partial charge in [0.1, 0.15) is 12.7 Å².